The molecule has 1 saturated carbocycles. The van der Waals surface area contributed by atoms with Gasteiger partial charge in [-0.05, 0) is 67.6 Å². The minimum Gasteiger partial charge on any atom is -0.495 e. The monoisotopic (exact) mass is 732 g/mol. The Morgan fingerprint density at radius 3 is 2.31 bits per heavy atom. The lowest BCUT2D eigenvalue weighted by Gasteiger charge is -2.35. The lowest BCUT2D eigenvalue weighted by Crippen LogP contribution is -2.54. The maximum absolute atomic E-state index is 14.9. The molecule has 4 aromatic rings. The highest BCUT2D eigenvalue weighted by molar-refractivity contribution is 7.92. The summed E-state index contributed by atoms with van der Waals surface area (Å²) in [5.41, 5.74) is 2.31. The van der Waals surface area contributed by atoms with Crippen LogP contribution >= 0.6 is 11.6 Å². The van der Waals surface area contributed by atoms with E-state index in [0.29, 0.717) is 0 Å². The molecule has 0 unspecified atom stereocenters. The first-order valence-electron chi connectivity index (χ1n) is 16.7. The van der Waals surface area contributed by atoms with Crippen LogP contribution in [-0.4, -0.2) is 55.8 Å². The summed E-state index contributed by atoms with van der Waals surface area (Å²) in [4.78, 5) is 41.3. The van der Waals surface area contributed by atoms with Crippen molar-refractivity contribution in [3.63, 3.8) is 0 Å². The van der Waals surface area contributed by atoms with Gasteiger partial charge in [-0.2, -0.15) is 0 Å². The van der Waals surface area contributed by atoms with Crippen molar-refractivity contribution in [2.75, 3.05) is 18.0 Å². The predicted octanol–water partition coefficient (Wildman–Crippen LogP) is 6.77. The molecule has 268 valence electrons. The molecular formula is C38H41ClN4O7S. The van der Waals surface area contributed by atoms with Crippen LogP contribution in [0, 0.1) is 24.0 Å². The normalized spacial score (nSPS) is 13.7. The number of amides is 2. The van der Waals surface area contributed by atoms with Crippen LogP contribution in [-0.2, 0) is 32.6 Å². The van der Waals surface area contributed by atoms with E-state index in [9.17, 15) is 28.1 Å². The number of methoxy groups -OCH3 is 1. The van der Waals surface area contributed by atoms with E-state index in [1.165, 1.54) is 49.3 Å². The molecular weight excluding hydrogens is 692 g/mol. The van der Waals surface area contributed by atoms with Crippen LogP contribution in [0.3, 0.4) is 0 Å². The molecule has 13 heteroatoms. The number of sulfonamides is 1. The molecule has 2 amide bonds. The summed E-state index contributed by atoms with van der Waals surface area (Å²) in [6.45, 7) is 2.65. The van der Waals surface area contributed by atoms with E-state index in [0.717, 1.165) is 52.7 Å². The number of nitro benzene ring substituents is 1. The maximum Gasteiger partial charge on any atom is 0.273 e. The second-order valence-electron chi connectivity index (χ2n) is 12.7. The van der Waals surface area contributed by atoms with Crippen molar-refractivity contribution in [2.45, 2.75) is 69.5 Å². The number of hydrogen-bond donors (Lipinski definition) is 1. The Labute approximate surface area is 303 Å². The Morgan fingerprint density at radius 2 is 1.65 bits per heavy atom. The van der Waals surface area contributed by atoms with Gasteiger partial charge >= 0.3 is 0 Å². The van der Waals surface area contributed by atoms with Crippen LogP contribution in [0.2, 0.25) is 5.02 Å². The van der Waals surface area contributed by atoms with E-state index in [1.807, 2.05) is 61.5 Å². The maximum atomic E-state index is 14.9. The number of benzene rings is 4. The molecule has 1 fully saturated rings. The van der Waals surface area contributed by atoms with Crippen molar-refractivity contribution in [2.24, 2.45) is 0 Å². The minimum atomic E-state index is -4.67. The number of aryl methyl sites for hydroxylation is 2. The van der Waals surface area contributed by atoms with E-state index in [4.69, 9.17) is 16.3 Å². The standard InChI is InChI=1S/C38H41ClN4O7S/c1-26-11-7-8-14-29(26)24-41(35(21-28-12-5-4-6-13-28)38(45)40-31-15-9-10-16-31)37(44)25-42(34-22-30(39)18-20-36(34)50-3)51(48,49)32-19-17-27(2)33(23-32)43(46)47/h4-8,11-14,17-20,22-23,31,35H,9-10,15-16,21,24-25H2,1-3H3,(H,40,45)/t35-/m0/s1. The van der Waals surface area contributed by atoms with Gasteiger partial charge in [0.2, 0.25) is 11.8 Å². The molecule has 0 aliphatic heterocycles. The highest BCUT2D eigenvalue weighted by Crippen LogP contribution is 2.36. The Morgan fingerprint density at radius 1 is 0.961 bits per heavy atom. The van der Waals surface area contributed by atoms with Gasteiger partial charge in [0.25, 0.3) is 15.7 Å². The number of ether oxygens (including phenoxy) is 1. The van der Waals surface area contributed by atoms with Crippen LogP contribution in [0.1, 0.15) is 47.9 Å². The number of halogens is 1. The average Bonchev–Trinajstić information content (AvgIpc) is 3.62. The summed E-state index contributed by atoms with van der Waals surface area (Å²) in [7, 11) is -3.32. The molecule has 0 bridgehead atoms. The smallest absolute Gasteiger partial charge is 0.273 e. The van der Waals surface area contributed by atoms with Gasteiger partial charge in [0.05, 0.1) is 22.6 Å². The number of rotatable bonds is 14. The second-order valence-corrected chi connectivity index (χ2v) is 15.0. The van der Waals surface area contributed by atoms with Gasteiger partial charge in [-0.3, -0.25) is 24.0 Å². The van der Waals surface area contributed by atoms with Crippen molar-refractivity contribution >= 4 is 44.8 Å². The molecule has 0 spiro atoms. The molecule has 1 atom stereocenters. The number of anilines is 1. The van der Waals surface area contributed by atoms with Gasteiger partial charge in [0, 0.05) is 35.7 Å². The lowest BCUT2D eigenvalue weighted by atomic mass is 10.0. The largest absolute Gasteiger partial charge is 0.495 e. The van der Waals surface area contributed by atoms with E-state index in [-0.39, 0.29) is 46.9 Å². The average molecular weight is 733 g/mol. The fourth-order valence-corrected chi connectivity index (χ4v) is 7.94. The molecule has 0 saturated heterocycles. The third kappa shape index (κ3) is 8.87. The predicted molar refractivity (Wildman–Crippen MR) is 196 cm³/mol. The highest BCUT2D eigenvalue weighted by Gasteiger charge is 2.37. The summed E-state index contributed by atoms with van der Waals surface area (Å²) in [6.07, 6.45) is 3.82. The number of hydrogen-bond acceptors (Lipinski definition) is 7. The lowest BCUT2D eigenvalue weighted by molar-refractivity contribution is -0.385. The van der Waals surface area contributed by atoms with Crippen LogP contribution in [0.15, 0.2) is 95.9 Å². The summed E-state index contributed by atoms with van der Waals surface area (Å²) in [6, 6.07) is 23.7. The Balaban J connectivity index is 1.64. The fourth-order valence-electron chi connectivity index (χ4n) is 6.34. The molecule has 1 N–H and O–H groups in total. The van der Waals surface area contributed by atoms with Crippen LogP contribution < -0.4 is 14.4 Å². The van der Waals surface area contributed by atoms with Gasteiger partial charge < -0.3 is 15.0 Å². The van der Waals surface area contributed by atoms with Crippen molar-refractivity contribution < 1.29 is 27.7 Å². The molecule has 51 heavy (non-hydrogen) atoms. The van der Waals surface area contributed by atoms with Crippen molar-refractivity contribution in [3.05, 3.63) is 128 Å². The van der Waals surface area contributed by atoms with E-state index < -0.39 is 44.0 Å². The van der Waals surface area contributed by atoms with Crippen LogP contribution in [0.25, 0.3) is 0 Å². The summed E-state index contributed by atoms with van der Waals surface area (Å²) in [5, 5.41) is 15.2. The molecule has 1 aliphatic carbocycles. The highest BCUT2D eigenvalue weighted by atomic mass is 35.5. The second kappa shape index (κ2) is 16.4. The zero-order valence-electron chi connectivity index (χ0n) is 28.8. The zero-order chi connectivity index (χ0) is 36.7. The van der Waals surface area contributed by atoms with Crippen molar-refractivity contribution in [3.8, 4) is 5.75 Å². The molecule has 0 aromatic heterocycles. The third-order valence-electron chi connectivity index (χ3n) is 9.23. The molecule has 1 aliphatic rings. The number of nitrogens with zero attached hydrogens (tertiary/aromatic N) is 3. The summed E-state index contributed by atoms with van der Waals surface area (Å²) >= 11 is 6.37. The fraction of sp³-hybridized carbons (Fsp3) is 0.316. The van der Waals surface area contributed by atoms with Gasteiger partial charge in [0.1, 0.15) is 18.3 Å². The van der Waals surface area contributed by atoms with Crippen LogP contribution in [0.5, 0.6) is 5.75 Å². The summed E-state index contributed by atoms with van der Waals surface area (Å²) < 4.78 is 35.5. The van der Waals surface area contributed by atoms with E-state index in [2.05, 4.69) is 5.32 Å². The number of nitro groups is 1. The third-order valence-corrected chi connectivity index (χ3v) is 11.2. The van der Waals surface area contributed by atoms with Gasteiger partial charge in [-0.25, -0.2) is 8.42 Å². The molecule has 0 heterocycles. The molecule has 11 nitrogen and oxygen atoms in total. The van der Waals surface area contributed by atoms with E-state index >= 15 is 0 Å². The van der Waals surface area contributed by atoms with Gasteiger partial charge in [0.15, 0.2) is 0 Å². The van der Waals surface area contributed by atoms with Gasteiger partial charge in [-0.1, -0.05) is 85.1 Å². The minimum absolute atomic E-state index is 0.0116. The SMILES string of the molecule is COc1ccc(Cl)cc1N(CC(=O)N(Cc1ccccc1C)[C@@H](Cc1ccccc1)C(=O)NC1CCCC1)S(=O)(=O)c1ccc(C)c([N+](=O)[O-])c1. The molecule has 0 radical (unpaired) electrons. The quantitative estimate of drug-likeness (QED) is 0.112. The number of carbonyl (C=O) groups excluding carboxylic acids is 2. The molecule has 5 rings (SSSR count). The summed E-state index contributed by atoms with van der Waals surface area (Å²) in [5.74, 6) is -0.910. The van der Waals surface area contributed by atoms with Gasteiger partial charge in [-0.15, -0.1) is 0 Å². The van der Waals surface area contributed by atoms with E-state index in [1.54, 1.807) is 0 Å². The Hall–Kier alpha value is -4.94. The molecule has 4 aromatic carbocycles. The first-order valence-corrected chi connectivity index (χ1v) is 18.5. The zero-order valence-corrected chi connectivity index (χ0v) is 30.3. The number of carbonyl (C=O) groups is 2. The van der Waals surface area contributed by atoms with Crippen LogP contribution in [0.4, 0.5) is 11.4 Å². The van der Waals surface area contributed by atoms with Crippen molar-refractivity contribution in [1.29, 1.82) is 0 Å². The first-order chi connectivity index (χ1) is 24.4. The Bertz CT molecular complexity index is 2000. The Kier molecular flexibility index (Phi) is 12.0. The topological polar surface area (TPSA) is 139 Å². The van der Waals surface area contributed by atoms with Crippen molar-refractivity contribution in [1.82, 2.24) is 10.2 Å². The number of nitrogens with one attached hydrogen (secondary N) is 1. The first kappa shape index (κ1) is 37.3.